The van der Waals surface area contributed by atoms with Crippen LogP contribution in [0.3, 0.4) is 0 Å². The van der Waals surface area contributed by atoms with E-state index < -0.39 is 0 Å². The molecule has 0 fully saturated rings. The molecule has 0 bridgehead atoms. The van der Waals surface area contributed by atoms with Crippen LogP contribution < -0.4 is 5.32 Å². The first kappa shape index (κ1) is 15.8. The molecule has 106 valence electrons. The van der Waals surface area contributed by atoms with Crippen LogP contribution in [-0.2, 0) is 0 Å². The lowest BCUT2D eigenvalue weighted by Crippen LogP contribution is -2.22. The highest BCUT2D eigenvalue weighted by molar-refractivity contribution is 9.10. The summed E-state index contributed by atoms with van der Waals surface area (Å²) < 4.78 is 1.09. The third kappa shape index (κ3) is 3.98. The minimum Gasteiger partial charge on any atom is -0.304 e. The van der Waals surface area contributed by atoms with Crippen LogP contribution >= 0.6 is 39.1 Å². The number of hydrogen-bond acceptors (Lipinski definition) is 1. The molecular formula is C16H16BrCl2N. The van der Waals surface area contributed by atoms with Gasteiger partial charge in [0.15, 0.2) is 0 Å². The van der Waals surface area contributed by atoms with E-state index in [0.29, 0.717) is 10.0 Å². The monoisotopic (exact) mass is 371 g/mol. The standard InChI is InChI=1S/C16H16BrCl2N/c1-10(12-3-6-14(17)7-4-12)20-11(2)13-5-8-15(18)16(19)9-13/h3-11,20H,1-2H3/t10-,11?/m0/s1. The molecule has 0 spiro atoms. The lowest BCUT2D eigenvalue weighted by molar-refractivity contribution is 0.494. The molecule has 1 unspecified atom stereocenters. The average molecular weight is 373 g/mol. The van der Waals surface area contributed by atoms with Crippen LogP contribution in [0.15, 0.2) is 46.9 Å². The molecule has 0 aliphatic rings. The molecule has 2 atom stereocenters. The van der Waals surface area contributed by atoms with Crippen molar-refractivity contribution in [2.45, 2.75) is 25.9 Å². The van der Waals surface area contributed by atoms with Crippen molar-refractivity contribution in [2.24, 2.45) is 0 Å². The van der Waals surface area contributed by atoms with Crippen LogP contribution in [0.1, 0.15) is 37.1 Å². The third-order valence-electron chi connectivity index (χ3n) is 3.31. The molecule has 0 aliphatic heterocycles. The van der Waals surface area contributed by atoms with Crippen LogP contribution in [0.25, 0.3) is 0 Å². The highest BCUT2D eigenvalue weighted by Crippen LogP contribution is 2.27. The van der Waals surface area contributed by atoms with Gasteiger partial charge in [-0.1, -0.05) is 57.3 Å². The highest BCUT2D eigenvalue weighted by atomic mass is 79.9. The zero-order valence-corrected chi connectivity index (χ0v) is 14.4. The number of halogens is 3. The predicted octanol–water partition coefficient (Wildman–Crippen LogP) is 6.17. The normalized spacial score (nSPS) is 14.1. The van der Waals surface area contributed by atoms with Crippen molar-refractivity contribution < 1.29 is 0 Å². The van der Waals surface area contributed by atoms with E-state index in [4.69, 9.17) is 23.2 Å². The first-order valence-corrected chi connectivity index (χ1v) is 7.98. The average Bonchev–Trinajstić information content (AvgIpc) is 2.42. The van der Waals surface area contributed by atoms with Gasteiger partial charge in [-0.3, -0.25) is 0 Å². The Hall–Kier alpha value is -0.540. The van der Waals surface area contributed by atoms with E-state index in [-0.39, 0.29) is 12.1 Å². The zero-order valence-electron chi connectivity index (χ0n) is 11.3. The third-order valence-corrected chi connectivity index (χ3v) is 4.58. The molecule has 2 aromatic carbocycles. The van der Waals surface area contributed by atoms with E-state index in [1.165, 1.54) is 5.56 Å². The molecule has 0 amide bonds. The number of nitrogens with one attached hydrogen (secondary N) is 1. The molecule has 0 aromatic heterocycles. The maximum atomic E-state index is 6.06. The molecule has 0 saturated heterocycles. The summed E-state index contributed by atoms with van der Waals surface area (Å²) in [5.74, 6) is 0. The van der Waals surface area contributed by atoms with Gasteiger partial charge in [-0.15, -0.1) is 0 Å². The van der Waals surface area contributed by atoms with Gasteiger partial charge in [-0.25, -0.2) is 0 Å². The van der Waals surface area contributed by atoms with Crippen molar-refractivity contribution in [2.75, 3.05) is 0 Å². The molecule has 0 heterocycles. The van der Waals surface area contributed by atoms with Crippen molar-refractivity contribution in [1.29, 1.82) is 0 Å². The lowest BCUT2D eigenvalue weighted by Gasteiger charge is -2.21. The Bertz CT molecular complexity index is 584. The van der Waals surface area contributed by atoms with E-state index in [0.717, 1.165) is 10.0 Å². The van der Waals surface area contributed by atoms with E-state index in [9.17, 15) is 0 Å². The minimum absolute atomic E-state index is 0.198. The van der Waals surface area contributed by atoms with Gasteiger partial charge in [0, 0.05) is 16.6 Å². The fourth-order valence-electron chi connectivity index (χ4n) is 2.10. The second-order valence-corrected chi connectivity index (χ2v) is 6.57. The van der Waals surface area contributed by atoms with E-state index >= 15 is 0 Å². The van der Waals surface area contributed by atoms with Crippen molar-refractivity contribution in [1.82, 2.24) is 5.32 Å². The summed E-state index contributed by atoms with van der Waals surface area (Å²) in [4.78, 5) is 0. The summed E-state index contributed by atoms with van der Waals surface area (Å²) in [6.07, 6.45) is 0. The molecule has 0 aliphatic carbocycles. The van der Waals surface area contributed by atoms with E-state index in [1.54, 1.807) is 0 Å². The first-order valence-electron chi connectivity index (χ1n) is 6.44. The zero-order chi connectivity index (χ0) is 14.7. The van der Waals surface area contributed by atoms with Gasteiger partial charge in [0.2, 0.25) is 0 Å². The van der Waals surface area contributed by atoms with Gasteiger partial charge in [-0.2, -0.15) is 0 Å². The van der Waals surface area contributed by atoms with E-state index in [1.807, 2.05) is 18.2 Å². The Morgan fingerprint density at radius 1 is 0.850 bits per heavy atom. The summed E-state index contributed by atoms with van der Waals surface area (Å²) in [6, 6.07) is 14.5. The van der Waals surface area contributed by atoms with Crippen molar-refractivity contribution in [3.63, 3.8) is 0 Å². The maximum Gasteiger partial charge on any atom is 0.0595 e. The molecule has 2 aromatic rings. The number of benzene rings is 2. The Balaban J connectivity index is 2.08. The van der Waals surface area contributed by atoms with Crippen LogP contribution in [0, 0.1) is 0 Å². The Labute approximate surface area is 138 Å². The molecule has 1 nitrogen and oxygen atoms in total. The Kier molecular flexibility index (Phi) is 5.50. The highest BCUT2D eigenvalue weighted by Gasteiger charge is 2.12. The first-order chi connectivity index (χ1) is 9.47. The largest absolute Gasteiger partial charge is 0.304 e. The Morgan fingerprint density at radius 2 is 1.40 bits per heavy atom. The molecule has 2 rings (SSSR count). The molecule has 0 radical (unpaired) electrons. The van der Waals surface area contributed by atoms with Crippen molar-refractivity contribution >= 4 is 39.1 Å². The minimum atomic E-state index is 0.198. The fraction of sp³-hybridized carbons (Fsp3) is 0.250. The van der Waals surface area contributed by atoms with Gasteiger partial charge in [0.05, 0.1) is 10.0 Å². The van der Waals surface area contributed by atoms with Crippen molar-refractivity contribution in [3.05, 3.63) is 68.1 Å². The van der Waals surface area contributed by atoms with Gasteiger partial charge in [0.1, 0.15) is 0 Å². The summed E-state index contributed by atoms with van der Waals surface area (Å²) >= 11 is 15.5. The SMILES string of the molecule is CC(N[C@@H](C)c1ccc(Br)cc1)c1ccc(Cl)c(Cl)c1. The molecule has 1 N–H and O–H groups in total. The molecule has 20 heavy (non-hydrogen) atoms. The quantitative estimate of drug-likeness (QED) is 0.676. The summed E-state index contributed by atoms with van der Waals surface area (Å²) in [5.41, 5.74) is 2.38. The van der Waals surface area contributed by atoms with Gasteiger partial charge in [-0.05, 0) is 49.2 Å². The van der Waals surface area contributed by atoms with Crippen LogP contribution in [0.5, 0.6) is 0 Å². The summed E-state index contributed by atoms with van der Waals surface area (Å²) in [5, 5.41) is 4.74. The number of hydrogen-bond donors (Lipinski definition) is 1. The van der Waals surface area contributed by atoms with Crippen molar-refractivity contribution in [3.8, 4) is 0 Å². The second-order valence-electron chi connectivity index (χ2n) is 4.84. The predicted molar refractivity (Wildman–Crippen MR) is 90.6 cm³/mol. The van der Waals surface area contributed by atoms with Gasteiger partial charge >= 0.3 is 0 Å². The molecule has 4 heteroatoms. The summed E-state index contributed by atoms with van der Waals surface area (Å²) in [6.45, 7) is 4.27. The Morgan fingerprint density at radius 3 is 2.00 bits per heavy atom. The smallest absolute Gasteiger partial charge is 0.0595 e. The van der Waals surface area contributed by atoms with E-state index in [2.05, 4.69) is 59.4 Å². The van der Waals surface area contributed by atoms with Crippen LogP contribution in [0.2, 0.25) is 10.0 Å². The second kappa shape index (κ2) is 6.95. The van der Waals surface area contributed by atoms with Gasteiger partial charge < -0.3 is 5.32 Å². The summed E-state index contributed by atoms with van der Waals surface area (Å²) in [7, 11) is 0. The lowest BCUT2D eigenvalue weighted by atomic mass is 10.0. The topological polar surface area (TPSA) is 12.0 Å². The van der Waals surface area contributed by atoms with Gasteiger partial charge in [0.25, 0.3) is 0 Å². The fourth-order valence-corrected chi connectivity index (χ4v) is 2.67. The molecular weight excluding hydrogens is 357 g/mol. The molecule has 0 saturated carbocycles. The van der Waals surface area contributed by atoms with Crippen LogP contribution in [0.4, 0.5) is 0 Å². The van der Waals surface area contributed by atoms with Crippen LogP contribution in [-0.4, -0.2) is 0 Å². The number of rotatable bonds is 4. The maximum absolute atomic E-state index is 6.06.